The van der Waals surface area contributed by atoms with E-state index in [0.717, 1.165) is 5.52 Å². The molecule has 0 amide bonds. The van der Waals surface area contributed by atoms with Crippen LogP contribution in [0.3, 0.4) is 0 Å². The lowest BCUT2D eigenvalue weighted by Crippen LogP contribution is -2.16. The molecular formula is C10H16Cl2N4O. The van der Waals surface area contributed by atoms with Crippen LogP contribution >= 0.6 is 24.8 Å². The van der Waals surface area contributed by atoms with Gasteiger partial charge in [-0.1, -0.05) is 6.07 Å². The number of aliphatic hydroxyl groups excluding tert-OH is 1. The molecule has 17 heavy (non-hydrogen) atoms. The minimum atomic E-state index is -0.422. The minimum Gasteiger partial charge on any atom is -0.394 e. The van der Waals surface area contributed by atoms with E-state index in [1.807, 2.05) is 24.4 Å². The lowest BCUT2D eigenvalue weighted by Gasteiger charge is -2.05. The topological polar surface area (TPSA) is 75.6 Å². The summed E-state index contributed by atoms with van der Waals surface area (Å²) in [5.41, 5.74) is 7.37. The maximum atomic E-state index is 9.14. The van der Waals surface area contributed by atoms with Crippen molar-refractivity contribution >= 4 is 41.8 Å². The van der Waals surface area contributed by atoms with E-state index in [2.05, 4.69) is 10.4 Å². The van der Waals surface area contributed by atoms with Gasteiger partial charge in [0.25, 0.3) is 0 Å². The van der Waals surface area contributed by atoms with Crippen molar-refractivity contribution in [3.63, 3.8) is 0 Å². The second kappa shape index (κ2) is 6.54. The molecule has 0 aromatic carbocycles. The number of aliphatic hydroxyl groups is 1. The number of nitrogens with two attached hydrogens (primary N) is 1. The number of anilines is 2. The van der Waals surface area contributed by atoms with Gasteiger partial charge in [-0.2, -0.15) is 0 Å². The predicted molar refractivity (Wildman–Crippen MR) is 74.3 cm³/mol. The maximum absolute atomic E-state index is 9.14. The first-order valence-electron chi connectivity index (χ1n) is 4.83. The molecule has 2 aromatic heterocycles. The molecule has 0 saturated heterocycles. The summed E-state index contributed by atoms with van der Waals surface area (Å²) in [6, 6.07) is 5.69. The molecule has 2 heterocycles. The summed E-state index contributed by atoms with van der Waals surface area (Å²) in [5, 5.41) is 16.4. The zero-order valence-corrected chi connectivity index (χ0v) is 11.0. The molecule has 7 heteroatoms. The maximum Gasteiger partial charge on any atom is 0.172 e. The molecule has 96 valence electrons. The van der Waals surface area contributed by atoms with E-state index in [1.165, 1.54) is 0 Å². The molecule has 0 radical (unpaired) electrons. The molecule has 2 rings (SSSR count). The van der Waals surface area contributed by atoms with Crippen LogP contribution < -0.4 is 11.1 Å². The Hall–Kier alpha value is -1.17. The molecule has 0 aliphatic rings. The van der Waals surface area contributed by atoms with Crippen LogP contribution in [-0.2, 0) is 0 Å². The van der Waals surface area contributed by atoms with E-state index in [1.54, 1.807) is 11.4 Å². The number of halogens is 2. The summed E-state index contributed by atoms with van der Waals surface area (Å²) >= 11 is 0. The number of rotatable bonds is 3. The van der Waals surface area contributed by atoms with Gasteiger partial charge < -0.3 is 16.2 Å². The van der Waals surface area contributed by atoms with Crippen LogP contribution in [0.5, 0.6) is 0 Å². The first-order valence-corrected chi connectivity index (χ1v) is 4.83. The van der Waals surface area contributed by atoms with E-state index in [0.29, 0.717) is 18.1 Å². The summed E-state index contributed by atoms with van der Waals surface area (Å²) in [6.45, 7) is 2.15. The van der Waals surface area contributed by atoms with Gasteiger partial charge in [0.2, 0.25) is 0 Å². The van der Waals surface area contributed by atoms with E-state index in [4.69, 9.17) is 10.8 Å². The van der Waals surface area contributed by atoms with Gasteiger partial charge in [0.1, 0.15) is 5.69 Å². The van der Waals surface area contributed by atoms with Crippen molar-refractivity contribution in [2.75, 3.05) is 17.6 Å². The van der Waals surface area contributed by atoms with Crippen LogP contribution in [-0.4, -0.2) is 27.4 Å². The van der Waals surface area contributed by atoms with Gasteiger partial charge in [0.05, 0.1) is 11.6 Å². The Kier molecular flexibility index (Phi) is 6.09. The van der Waals surface area contributed by atoms with Gasteiger partial charge in [-0.15, -0.1) is 29.9 Å². The van der Waals surface area contributed by atoms with E-state index in [-0.39, 0.29) is 24.8 Å². The third-order valence-corrected chi connectivity index (χ3v) is 2.14. The number of hydrogen-bond acceptors (Lipinski definition) is 4. The van der Waals surface area contributed by atoms with Gasteiger partial charge in [-0.3, -0.25) is 0 Å². The van der Waals surface area contributed by atoms with Crippen molar-refractivity contribution in [1.29, 1.82) is 0 Å². The molecule has 0 aliphatic heterocycles. The second-order valence-electron chi connectivity index (χ2n) is 3.52. The lowest BCUT2D eigenvalue weighted by molar-refractivity contribution is 0.208. The Balaban J connectivity index is 0.00000128. The molecule has 4 N–H and O–H groups in total. The molecular weight excluding hydrogens is 263 g/mol. The average Bonchev–Trinajstić information content (AvgIpc) is 2.54. The van der Waals surface area contributed by atoms with Crippen LogP contribution in [0.1, 0.15) is 6.92 Å². The Labute approximate surface area is 112 Å². The van der Waals surface area contributed by atoms with Crippen molar-refractivity contribution in [2.24, 2.45) is 0 Å². The van der Waals surface area contributed by atoms with Crippen molar-refractivity contribution in [3.05, 3.63) is 24.4 Å². The van der Waals surface area contributed by atoms with E-state index in [9.17, 15) is 0 Å². The third kappa shape index (κ3) is 3.39. The minimum absolute atomic E-state index is 0. The Morgan fingerprint density at radius 1 is 1.47 bits per heavy atom. The molecule has 2 aromatic rings. The first-order chi connectivity index (χ1) is 7.18. The smallest absolute Gasteiger partial charge is 0.172 e. The van der Waals surface area contributed by atoms with Crippen LogP contribution in [0.2, 0.25) is 0 Å². The summed E-state index contributed by atoms with van der Waals surface area (Å²) < 4.78 is 1.71. The zero-order valence-electron chi connectivity index (χ0n) is 9.33. The predicted octanol–water partition coefficient (Wildman–Crippen LogP) is 1.55. The van der Waals surface area contributed by atoms with Crippen LogP contribution in [0.15, 0.2) is 24.4 Å². The van der Waals surface area contributed by atoms with Gasteiger partial charge in [0, 0.05) is 12.7 Å². The number of nitrogen functional groups attached to an aromatic ring is 1. The molecule has 5 nitrogen and oxygen atoms in total. The SMILES string of the molecule is CC(O)CNc1nn2ccccc2c1N.Cl.Cl. The average molecular weight is 279 g/mol. The number of aromatic nitrogens is 2. The van der Waals surface area contributed by atoms with Gasteiger partial charge in [0.15, 0.2) is 5.82 Å². The largest absolute Gasteiger partial charge is 0.394 e. The second-order valence-corrected chi connectivity index (χ2v) is 3.52. The van der Waals surface area contributed by atoms with Crippen LogP contribution in [0, 0.1) is 0 Å². The fraction of sp³-hybridized carbons (Fsp3) is 0.300. The summed E-state index contributed by atoms with van der Waals surface area (Å²) in [6.07, 6.45) is 1.41. The normalized spacial score (nSPS) is 11.4. The molecule has 0 saturated carbocycles. The number of nitrogens with one attached hydrogen (secondary N) is 1. The van der Waals surface area contributed by atoms with Crippen molar-refractivity contribution in [3.8, 4) is 0 Å². The summed E-state index contributed by atoms with van der Waals surface area (Å²) in [5.74, 6) is 0.613. The zero-order chi connectivity index (χ0) is 10.8. The number of pyridine rings is 1. The highest BCUT2D eigenvalue weighted by Gasteiger charge is 2.08. The van der Waals surface area contributed by atoms with Crippen LogP contribution in [0.25, 0.3) is 5.52 Å². The molecule has 1 unspecified atom stereocenters. The molecule has 0 bridgehead atoms. The molecule has 0 spiro atoms. The first kappa shape index (κ1) is 15.8. The lowest BCUT2D eigenvalue weighted by atomic mass is 10.3. The quantitative estimate of drug-likeness (QED) is 0.797. The Morgan fingerprint density at radius 3 is 2.76 bits per heavy atom. The highest BCUT2D eigenvalue weighted by molar-refractivity contribution is 5.85. The number of fused-ring (bicyclic) bond motifs is 1. The summed E-state index contributed by atoms with van der Waals surface area (Å²) in [7, 11) is 0. The van der Waals surface area contributed by atoms with Crippen molar-refractivity contribution in [2.45, 2.75) is 13.0 Å². The molecule has 1 atom stereocenters. The van der Waals surface area contributed by atoms with Crippen molar-refractivity contribution < 1.29 is 5.11 Å². The number of nitrogens with zero attached hydrogens (tertiary/aromatic N) is 2. The van der Waals surface area contributed by atoms with Crippen LogP contribution in [0.4, 0.5) is 11.5 Å². The van der Waals surface area contributed by atoms with Gasteiger partial charge in [-0.05, 0) is 19.1 Å². The summed E-state index contributed by atoms with van der Waals surface area (Å²) in [4.78, 5) is 0. The Bertz CT molecular complexity index is 472. The van der Waals surface area contributed by atoms with E-state index >= 15 is 0 Å². The Morgan fingerprint density at radius 2 is 2.18 bits per heavy atom. The van der Waals surface area contributed by atoms with Gasteiger partial charge >= 0.3 is 0 Å². The van der Waals surface area contributed by atoms with Crippen molar-refractivity contribution in [1.82, 2.24) is 9.61 Å². The fourth-order valence-electron chi connectivity index (χ4n) is 1.39. The third-order valence-electron chi connectivity index (χ3n) is 2.14. The fourth-order valence-corrected chi connectivity index (χ4v) is 1.39. The monoisotopic (exact) mass is 278 g/mol. The van der Waals surface area contributed by atoms with E-state index < -0.39 is 6.10 Å². The van der Waals surface area contributed by atoms with Gasteiger partial charge in [-0.25, -0.2) is 4.52 Å². The molecule has 0 fully saturated rings. The standard InChI is InChI=1S/C10H14N4O.2ClH/c1-7(15)6-12-10-9(11)8-4-2-3-5-14(8)13-10;;/h2-5,7,15H,6,11H2,1H3,(H,12,13);2*1H. The number of hydrogen-bond donors (Lipinski definition) is 3. The highest BCUT2D eigenvalue weighted by Crippen LogP contribution is 2.22. The molecule has 0 aliphatic carbocycles. The highest BCUT2D eigenvalue weighted by atomic mass is 35.5.